The number of para-hydroxylation sites is 1. The highest BCUT2D eigenvalue weighted by Gasteiger charge is 2.59. The Balaban J connectivity index is 1.84. The molecule has 1 amide bonds. The zero-order valence-corrected chi connectivity index (χ0v) is 14.5. The van der Waals surface area contributed by atoms with Crippen molar-refractivity contribution in [1.29, 1.82) is 0 Å². The van der Waals surface area contributed by atoms with Crippen molar-refractivity contribution in [3.05, 3.63) is 70.8 Å². The number of fused-ring (bicyclic) bond motifs is 3. The summed E-state index contributed by atoms with van der Waals surface area (Å²) in [5.41, 5.74) is 2.59. The van der Waals surface area contributed by atoms with Crippen molar-refractivity contribution < 1.29 is 4.79 Å². The van der Waals surface area contributed by atoms with Gasteiger partial charge in [-0.25, -0.2) is 0 Å². The molecule has 0 radical (unpaired) electrons. The first-order valence-electron chi connectivity index (χ1n) is 8.07. The maximum Gasteiger partial charge on any atom is 0.241 e. The third-order valence-corrected chi connectivity index (χ3v) is 5.48. The lowest BCUT2D eigenvalue weighted by molar-refractivity contribution is -0.118. The van der Waals surface area contributed by atoms with E-state index in [0.29, 0.717) is 11.6 Å². The highest BCUT2D eigenvalue weighted by atomic mass is 35.5. The number of rotatable bonds is 2. The molecule has 0 spiro atoms. The highest BCUT2D eigenvalue weighted by Crippen LogP contribution is 2.52. The lowest BCUT2D eigenvalue weighted by Crippen LogP contribution is -2.58. The molecule has 2 aliphatic rings. The van der Waals surface area contributed by atoms with Crippen molar-refractivity contribution in [2.75, 3.05) is 11.4 Å². The summed E-state index contributed by atoms with van der Waals surface area (Å²) in [5.74, 6) is 0.0494. The van der Waals surface area contributed by atoms with Gasteiger partial charge in [0.2, 0.25) is 5.91 Å². The van der Waals surface area contributed by atoms with Gasteiger partial charge in [-0.05, 0) is 35.4 Å². The standard InChI is InChI=1S/C20H19ClN2O/c1-19(2)16-8-3-4-9-17(16)23-13-18(24)22-20(19,23)11-10-14-6-5-7-15(21)12-14/h3-12H,13H2,1-2H3,(H,22,24)/b11-10+/t20-/m0/s1. The normalized spacial score (nSPS) is 24.1. The van der Waals surface area contributed by atoms with Crippen LogP contribution >= 0.6 is 11.6 Å². The average Bonchev–Trinajstić information content (AvgIpc) is 2.98. The maximum absolute atomic E-state index is 12.2. The molecule has 0 saturated carbocycles. The molecule has 1 atom stereocenters. The Kier molecular flexibility index (Phi) is 3.26. The van der Waals surface area contributed by atoms with Crippen LogP contribution in [0.5, 0.6) is 0 Å². The van der Waals surface area contributed by atoms with Gasteiger partial charge in [0.25, 0.3) is 0 Å². The fourth-order valence-electron chi connectivity index (χ4n) is 3.97. The van der Waals surface area contributed by atoms with Gasteiger partial charge in [-0.15, -0.1) is 0 Å². The Morgan fingerprint density at radius 3 is 2.75 bits per heavy atom. The van der Waals surface area contributed by atoms with E-state index >= 15 is 0 Å². The minimum atomic E-state index is -0.559. The SMILES string of the molecule is CC1(C)c2ccccc2N2CC(=O)N[C@@]21/C=C/c1cccc(Cl)c1. The number of carbonyl (C=O) groups excluding carboxylic acids is 1. The summed E-state index contributed by atoms with van der Waals surface area (Å²) < 4.78 is 0. The van der Waals surface area contributed by atoms with E-state index in [4.69, 9.17) is 11.6 Å². The van der Waals surface area contributed by atoms with E-state index in [2.05, 4.69) is 48.3 Å². The van der Waals surface area contributed by atoms with Crippen LogP contribution in [0.15, 0.2) is 54.6 Å². The Morgan fingerprint density at radius 1 is 1.17 bits per heavy atom. The van der Waals surface area contributed by atoms with Gasteiger partial charge in [-0.1, -0.05) is 61.9 Å². The first-order valence-corrected chi connectivity index (χ1v) is 8.45. The number of hydrogen-bond donors (Lipinski definition) is 1. The summed E-state index contributed by atoms with van der Waals surface area (Å²) in [5, 5.41) is 3.92. The van der Waals surface area contributed by atoms with Gasteiger partial charge >= 0.3 is 0 Å². The Labute approximate surface area is 146 Å². The summed E-state index contributed by atoms with van der Waals surface area (Å²) in [6.07, 6.45) is 4.14. The molecule has 1 fully saturated rings. The van der Waals surface area contributed by atoms with Crippen molar-refractivity contribution in [2.24, 2.45) is 0 Å². The molecule has 1 N–H and O–H groups in total. The minimum absolute atomic E-state index is 0.0494. The zero-order valence-electron chi connectivity index (χ0n) is 13.7. The van der Waals surface area contributed by atoms with Gasteiger partial charge in [0.15, 0.2) is 0 Å². The molecule has 2 heterocycles. The van der Waals surface area contributed by atoms with Crippen LogP contribution in [0.4, 0.5) is 5.69 Å². The second-order valence-corrected chi connectivity index (χ2v) is 7.37. The molecule has 2 aromatic rings. The summed E-state index contributed by atoms with van der Waals surface area (Å²) in [7, 11) is 0. The third-order valence-electron chi connectivity index (χ3n) is 5.24. The predicted molar refractivity (Wildman–Crippen MR) is 98.2 cm³/mol. The fourth-order valence-corrected chi connectivity index (χ4v) is 4.17. The maximum atomic E-state index is 12.2. The van der Waals surface area contributed by atoms with E-state index in [1.54, 1.807) is 0 Å². The van der Waals surface area contributed by atoms with E-state index in [-0.39, 0.29) is 11.3 Å². The molecule has 122 valence electrons. The molecule has 0 unspecified atom stereocenters. The molecule has 0 aromatic heterocycles. The topological polar surface area (TPSA) is 32.3 Å². The smallest absolute Gasteiger partial charge is 0.241 e. The molecule has 4 heteroatoms. The molecule has 24 heavy (non-hydrogen) atoms. The molecule has 0 bridgehead atoms. The van der Waals surface area contributed by atoms with E-state index < -0.39 is 5.66 Å². The summed E-state index contributed by atoms with van der Waals surface area (Å²) in [6, 6.07) is 16.0. The fraction of sp³-hybridized carbons (Fsp3) is 0.250. The number of nitrogens with zero attached hydrogens (tertiary/aromatic N) is 1. The van der Waals surface area contributed by atoms with Crippen molar-refractivity contribution >= 4 is 29.3 Å². The van der Waals surface area contributed by atoms with Gasteiger partial charge in [0, 0.05) is 16.1 Å². The number of amides is 1. The van der Waals surface area contributed by atoms with Gasteiger partial charge < -0.3 is 10.2 Å². The quantitative estimate of drug-likeness (QED) is 0.898. The molecule has 3 nitrogen and oxygen atoms in total. The van der Waals surface area contributed by atoms with Crippen LogP contribution in [-0.2, 0) is 10.2 Å². The number of anilines is 1. The second kappa shape index (κ2) is 5.12. The van der Waals surface area contributed by atoms with Crippen LogP contribution in [0.2, 0.25) is 5.02 Å². The van der Waals surface area contributed by atoms with Crippen LogP contribution in [0.25, 0.3) is 6.08 Å². The van der Waals surface area contributed by atoms with Gasteiger partial charge in [0.05, 0.1) is 6.54 Å². The van der Waals surface area contributed by atoms with E-state index in [9.17, 15) is 4.79 Å². The summed E-state index contributed by atoms with van der Waals surface area (Å²) >= 11 is 6.09. The van der Waals surface area contributed by atoms with Crippen LogP contribution in [-0.4, -0.2) is 18.1 Å². The van der Waals surface area contributed by atoms with Gasteiger partial charge in [0.1, 0.15) is 5.66 Å². The lowest BCUT2D eigenvalue weighted by atomic mass is 9.75. The lowest BCUT2D eigenvalue weighted by Gasteiger charge is -2.40. The highest BCUT2D eigenvalue weighted by molar-refractivity contribution is 6.30. The molecule has 0 aliphatic carbocycles. The summed E-state index contributed by atoms with van der Waals surface area (Å²) in [6.45, 7) is 4.74. The first kappa shape index (κ1) is 15.3. The van der Waals surface area contributed by atoms with Gasteiger partial charge in [-0.3, -0.25) is 4.79 Å². The molecule has 1 saturated heterocycles. The molecule has 4 rings (SSSR count). The predicted octanol–water partition coefficient (Wildman–Crippen LogP) is 3.98. The van der Waals surface area contributed by atoms with Crippen molar-refractivity contribution in [3.8, 4) is 0 Å². The second-order valence-electron chi connectivity index (χ2n) is 6.93. The monoisotopic (exact) mass is 338 g/mol. The number of benzene rings is 2. The molecular weight excluding hydrogens is 320 g/mol. The van der Waals surface area contributed by atoms with Crippen molar-refractivity contribution in [1.82, 2.24) is 5.32 Å². The Bertz CT molecular complexity index is 858. The van der Waals surface area contributed by atoms with Crippen molar-refractivity contribution in [3.63, 3.8) is 0 Å². The average molecular weight is 339 g/mol. The molecule has 2 aliphatic heterocycles. The van der Waals surface area contributed by atoms with Crippen LogP contribution < -0.4 is 10.2 Å². The van der Waals surface area contributed by atoms with Crippen LogP contribution in [0.3, 0.4) is 0 Å². The van der Waals surface area contributed by atoms with Crippen molar-refractivity contribution in [2.45, 2.75) is 24.9 Å². The first-order chi connectivity index (χ1) is 11.4. The largest absolute Gasteiger partial charge is 0.335 e. The van der Waals surface area contributed by atoms with Crippen LogP contribution in [0.1, 0.15) is 25.0 Å². The van der Waals surface area contributed by atoms with E-state index in [0.717, 1.165) is 11.3 Å². The third kappa shape index (κ3) is 2.01. The number of hydrogen-bond acceptors (Lipinski definition) is 2. The Hall–Kier alpha value is -2.26. The minimum Gasteiger partial charge on any atom is -0.335 e. The molecular formula is C20H19ClN2O. The van der Waals surface area contributed by atoms with E-state index in [1.165, 1.54) is 5.56 Å². The Morgan fingerprint density at radius 2 is 1.96 bits per heavy atom. The number of carbonyl (C=O) groups is 1. The van der Waals surface area contributed by atoms with Gasteiger partial charge in [-0.2, -0.15) is 0 Å². The van der Waals surface area contributed by atoms with E-state index in [1.807, 2.05) is 36.4 Å². The number of nitrogens with one attached hydrogen (secondary N) is 1. The number of halogens is 1. The zero-order chi connectivity index (χ0) is 16.9. The van der Waals surface area contributed by atoms with Crippen LogP contribution in [0, 0.1) is 0 Å². The summed E-state index contributed by atoms with van der Waals surface area (Å²) in [4.78, 5) is 14.4. The molecule has 2 aromatic carbocycles.